The lowest BCUT2D eigenvalue weighted by molar-refractivity contribution is -0.0498. The molecule has 5 nitrogen and oxygen atoms in total. The van der Waals surface area contributed by atoms with Gasteiger partial charge in [-0.25, -0.2) is 0 Å². The van der Waals surface area contributed by atoms with Gasteiger partial charge in [-0.05, 0) is 36.8 Å². The quantitative estimate of drug-likeness (QED) is 0.352. The highest BCUT2D eigenvalue weighted by atomic mass is 127. The highest BCUT2D eigenvalue weighted by molar-refractivity contribution is 14.0. The molecule has 1 aromatic heterocycles. The molecule has 2 rings (SSSR count). The van der Waals surface area contributed by atoms with Gasteiger partial charge in [-0.1, -0.05) is 12.1 Å². The molecule has 0 aliphatic rings. The van der Waals surface area contributed by atoms with Crippen LogP contribution in [0.15, 0.2) is 52.1 Å². The number of nitrogens with zero attached hydrogens (tertiary/aromatic N) is 2. The number of rotatable bonds is 8. The molecule has 0 atom stereocenters. The average molecular weight is 479 g/mol. The maximum atomic E-state index is 12.2. The van der Waals surface area contributed by atoms with E-state index in [1.807, 2.05) is 31.0 Å². The fraction of sp³-hybridized carbons (Fsp3) is 0.389. The van der Waals surface area contributed by atoms with Gasteiger partial charge in [0.2, 0.25) is 0 Å². The van der Waals surface area contributed by atoms with Crippen LogP contribution in [0.25, 0.3) is 0 Å². The topological polar surface area (TPSA) is 50.0 Å². The molecule has 1 heterocycles. The van der Waals surface area contributed by atoms with Crippen LogP contribution >= 0.6 is 24.0 Å². The molecule has 26 heavy (non-hydrogen) atoms. The van der Waals surface area contributed by atoms with Crippen LogP contribution in [0.3, 0.4) is 0 Å². The van der Waals surface area contributed by atoms with Crippen LogP contribution in [0, 0.1) is 0 Å². The van der Waals surface area contributed by atoms with Crippen molar-refractivity contribution >= 4 is 29.9 Å². The van der Waals surface area contributed by atoms with Gasteiger partial charge in [0.05, 0.1) is 6.26 Å². The minimum absolute atomic E-state index is 0. The average Bonchev–Trinajstić information content (AvgIpc) is 3.09. The zero-order valence-corrected chi connectivity index (χ0v) is 17.2. The van der Waals surface area contributed by atoms with Gasteiger partial charge < -0.3 is 19.4 Å². The van der Waals surface area contributed by atoms with Crippen LogP contribution in [0.5, 0.6) is 5.75 Å². The van der Waals surface area contributed by atoms with Crippen molar-refractivity contribution in [3.05, 3.63) is 54.0 Å². The molecule has 144 valence electrons. The first-order valence-electron chi connectivity index (χ1n) is 8.14. The van der Waals surface area contributed by atoms with Crippen LogP contribution in [0.1, 0.15) is 18.2 Å². The van der Waals surface area contributed by atoms with Crippen LogP contribution in [-0.4, -0.2) is 37.6 Å². The lowest BCUT2D eigenvalue weighted by atomic mass is 10.2. The fourth-order valence-corrected chi connectivity index (χ4v) is 2.32. The van der Waals surface area contributed by atoms with Crippen molar-refractivity contribution in [1.29, 1.82) is 0 Å². The third kappa shape index (κ3) is 7.59. The summed E-state index contributed by atoms with van der Waals surface area (Å²) in [4.78, 5) is 6.57. The highest BCUT2D eigenvalue weighted by Gasteiger charge is 2.08. The summed E-state index contributed by atoms with van der Waals surface area (Å²) in [6, 6.07) is 10.4. The summed E-state index contributed by atoms with van der Waals surface area (Å²) in [6.45, 7) is 1.16. The second-order valence-corrected chi connectivity index (χ2v) is 5.44. The standard InChI is InChI=1S/C18H23F2N3O2.HI/c1-3-21-18(22-11-10-15-5-4-12-24-15)23(2)13-14-6-8-16(9-7-14)25-17(19)20;/h4-9,12,17H,3,10-11,13H2,1-2H3,(H,21,22);1H. The molecule has 1 N–H and O–H groups in total. The Labute approximate surface area is 169 Å². The van der Waals surface area contributed by atoms with E-state index in [0.29, 0.717) is 13.1 Å². The molecule has 0 spiro atoms. The number of halogens is 3. The number of aliphatic imine (C=N–C) groups is 1. The van der Waals surface area contributed by atoms with Crippen LogP contribution in [0.2, 0.25) is 0 Å². The molecule has 8 heteroatoms. The summed E-state index contributed by atoms with van der Waals surface area (Å²) in [5.41, 5.74) is 0.973. The van der Waals surface area contributed by atoms with Crippen LogP contribution in [0.4, 0.5) is 8.78 Å². The summed E-state index contributed by atoms with van der Waals surface area (Å²) in [7, 11) is 1.93. The lowest BCUT2D eigenvalue weighted by Crippen LogP contribution is -2.38. The minimum atomic E-state index is -2.81. The monoisotopic (exact) mass is 479 g/mol. The van der Waals surface area contributed by atoms with Crippen molar-refractivity contribution in [1.82, 2.24) is 10.2 Å². The van der Waals surface area contributed by atoms with Crippen LogP contribution < -0.4 is 10.1 Å². The zero-order chi connectivity index (χ0) is 18.1. The van der Waals surface area contributed by atoms with E-state index in [4.69, 9.17) is 4.42 Å². The van der Waals surface area contributed by atoms with E-state index in [-0.39, 0.29) is 29.7 Å². The molecule has 1 aromatic carbocycles. The Morgan fingerprint density at radius 3 is 2.58 bits per heavy atom. The van der Waals surface area contributed by atoms with Gasteiger partial charge in [0.1, 0.15) is 11.5 Å². The third-order valence-corrected chi connectivity index (χ3v) is 3.46. The van der Waals surface area contributed by atoms with Crippen molar-refractivity contribution in [2.24, 2.45) is 4.99 Å². The van der Waals surface area contributed by atoms with E-state index in [9.17, 15) is 8.78 Å². The van der Waals surface area contributed by atoms with Crippen molar-refractivity contribution < 1.29 is 17.9 Å². The number of nitrogens with one attached hydrogen (secondary N) is 1. The molecule has 0 radical (unpaired) electrons. The Morgan fingerprint density at radius 1 is 1.27 bits per heavy atom. The molecule has 0 fully saturated rings. The van der Waals surface area contributed by atoms with Gasteiger partial charge in [0.15, 0.2) is 5.96 Å². The normalized spacial score (nSPS) is 11.2. The molecule has 0 aliphatic carbocycles. The Hall–Kier alpha value is -1.84. The van der Waals surface area contributed by atoms with Crippen molar-refractivity contribution in [3.63, 3.8) is 0 Å². The number of furan rings is 1. The van der Waals surface area contributed by atoms with Gasteiger partial charge in [0.25, 0.3) is 0 Å². The van der Waals surface area contributed by atoms with Crippen molar-refractivity contribution in [3.8, 4) is 5.75 Å². The van der Waals surface area contributed by atoms with E-state index < -0.39 is 6.61 Å². The van der Waals surface area contributed by atoms with Crippen LogP contribution in [-0.2, 0) is 13.0 Å². The summed E-state index contributed by atoms with van der Waals surface area (Å²) in [5.74, 6) is 1.83. The summed E-state index contributed by atoms with van der Waals surface area (Å²) < 4.78 is 34.0. The van der Waals surface area contributed by atoms with Gasteiger partial charge >= 0.3 is 6.61 Å². The summed E-state index contributed by atoms with van der Waals surface area (Å²) in [6.07, 6.45) is 2.38. The number of ether oxygens (including phenoxy) is 1. The van der Waals surface area contributed by atoms with E-state index in [2.05, 4.69) is 15.0 Å². The predicted octanol–water partition coefficient (Wildman–Crippen LogP) is 4.14. The maximum Gasteiger partial charge on any atom is 0.387 e. The van der Waals surface area contributed by atoms with E-state index >= 15 is 0 Å². The smallest absolute Gasteiger partial charge is 0.387 e. The number of alkyl halides is 2. The second-order valence-electron chi connectivity index (χ2n) is 5.44. The molecular formula is C18H24F2IN3O2. The second kappa shape index (κ2) is 11.7. The van der Waals surface area contributed by atoms with Gasteiger partial charge in [-0.3, -0.25) is 4.99 Å². The van der Waals surface area contributed by atoms with Gasteiger partial charge in [-0.2, -0.15) is 8.78 Å². The molecule has 2 aromatic rings. The first kappa shape index (κ1) is 22.2. The first-order valence-corrected chi connectivity index (χ1v) is 8.14. The molecule has 0 saturated carbocycles. The Bertz CT molecular complexity index is 649. The number of hydrogen-bond donors (Lipinski definition) is 1. The number of guanidine groups is 1. The van der Waals surface area contributed by atoms with Crippen molar-refractivity contribution in [2.75, 3.05) is 20.1 Å². The largest absolute Gasteiger partial charge is 0.469 e. The number of benzene rings is 1. The minimum Gasteiger partial charge on any atom is -0.469 e. The zero-order valence-electron chi connectivity index (χ0n) is 14.8. The Morgan fingerprint density at radius 2 is 2.00 bits per heavy atom. The van der Waals surface area contributed by atoms with E-state index in [1.165, 1.54) is 12.1 Å². The van der Waals surface area contributed by atoms with Gasteiger partial charge in [0, 0.05) is 33.1 Å². The molecular weight excluding hydrogens is 455 g/mol. The molecule has 0 aliphatic heterocycles. The fourth-order valence-electron chi connectivity index (χ4n) is 2.32. The SMILES string of the molecule is CCNC(=NCCc1ccco1)N(C)Cc1ccc(OC(F)F)cc1.I. The molecule has 0 amide bonds. The maximum absolute atomic E-state index is 12.2. The summed E-state index contributed by atoms with van der Waals surface area (Å²) >= 11 is 0. The predicted molar refractivity (Wildman–Crippen MR) is 108 cm³/mol. The first-order chi connectivity index (χ1) is 12.1. The van der Waals surface area contributed by atoms with Gasteiger partial charge in [-0.15, -0.1) is 24.0 Å². The Balaban J connectivity index is 0.00000338. The number of hydrogen-bond acceptors (Lipinski definition) is 3. The lowest BCUT2D eigenvalue weighted by Gasteiger charge is -2.22. The molecule has 0 unspecified atom stereocenters. The molecule has 0 saturated heterocycles. The molecule has 0 bridgehead atoms. The summed E-state index contributed by atoms with van der Waals surface area (Å²) in [5, 5.41) is 3.24. The Kier molecular flexibility index (Phi) is 10.0. The van der Waals surface area contributed by atoms with Crippen molar-refractivity contribution in [2.45, 2.75) is 26.5 Å². The van der Waals surface area contributed by atoms with E-state index in [1.54, 1.807) is 18.4 Å². The highest BCUT2D eigenvalue weighted by Crippen LogP contribution is 2.15. The van der Waals surface area contributed by atoms with E-state index in [0.717, 1.165) is 30.2 Å². The third-order valence-electron chi connectivity index (χ3n) is 3.46.